The van der Waals surface area contributed by atoms with Gasteiger partial charge in [-0.05, 0) is 24.3 Å². The summed E-state index contributed by atoms with van der Waals surface area (Å²) in [6.07, 6.45) is 2.10. The molecule has 1 aromatic carbocycles. The first-order valence-corrected chi connectivity index (χ1v) is 6.36. The highest BCUT2D eigenvalue weighted by Crippen LogP contribution is 2.18. The minimum Gasteiger partial charge on any atom is -0.395 e. The van der Waals surface area contributed by atoms with Crippen LogP contribution in [-0.4, -0.2) is 31.0 Å². The van der Waals surface area contributed by atoms with Gasteiger partial charge in [0.05, 0.1) is 6.61 Å². The van der Waals surface area contributed by atoms with Crippen molar-refractivity contribution in [1.82, 2.24) is 5.32 Å². The van der Waals surface area contributed by atoms with Gasteiger partial charge < -0.3 is 15.2 Å². The molecule has 1 aliphatic rings. The van der Waals surface area contributed by atoms with Crippen LogP contribution < -0.4 is 5.32 Å². The third kappa shape index (κ3) is 3.80. The number of nitrogens with one attached hydrogen (secondary N) is 1. The lowest BCUT2D eigenvalue weighted by Gasteiger charge is -2.29. The minimum atomic E-state index is 0.194. The van der Waals surface area contributed by atoms with Gasteiger partial charge in [-0.15, -0.1) is 0 Å². The summed E-state index contributed by atoms with van der Waals surface area (Å²) in [5, 5.41) is 12.9. The molecule has 94 valence electrons. The van der Waals surface area contributed by atoms with Gasteiger partial charge in [0.25, 0.3) is 0 Å². The predicted molar refractivity (Wildman–Crippen MR) is 67.7 cm³/mol. The molecule has 1 fully saturated rings. The zero-order chi connectivity index (χ0) is 11.9. The van der Waals surface area contributed by atoms with Crippen molar-refractivity contribution >= 4 is 0 Å². The van der Waals surface area contributed by atoms with Gasteiger partial charge in [-0.25, -0.2) is 0 Å². The first-order chi connectivity index (χ1) is 8.40. The fourth-order valence-electron chi connectivity index (χ4n) is 2.34. The molecule has 1 aromatic rings. The molecule has 0 radical (unpaired) electrons. The Hall–Kier alpha value is -0.900. The average molecular weight is 235 g/mol. The Balaban J connectivity index is 1.82. The summed E-state index contributed by atoms with van der Waals surface area (Å²) >= 11 is 0. The monoisotopic (exact) mass is 235 g/mol. The molecule has 0 amide bonds. The predicted octanol–water partition coefficient (Wildman–Crippen LogP) is 1.56. The van der Waals surface area contributed by atoms with Crippen LogP contribution in [0.5, 0.6) is 0 Å². The van der Waals surface area contributed by atoms with E-state index in [1.807, 2.05) is 18.2 Å². The average Bonchev–Trinajstić information content (AvgIpc) is 2.42. The van der Waals surface area contributed by atoms with Crippen LogP contribution in [0.2, 0.25) is 0 Å². The Morgan fingerprint density at radius 3 is 2.59 bits per heavy atom. The molecule has 1 atom stereocenters. The Kier molecular flexibility index (Phi) is 4.98. The molecule has 1 saturated heterocycles. The van der Waals surface area contributed by atoms with Crippen LogP contribution in [0.4, 0.5) is 0 Å². The van der Waals surface area contributed by atoms with Gasteiger partial charge in [-0.3, -0.25) is 0 Å². The molecule has 0 unspecified atom stereocenters. The summed E-state index contributed by atoms with van der Waals surface area (Å²) in [4.78, 5) is 0. The number of aliphatic hydroxyl groups is 1. The number of hydrogen-bond acceptors (Lipinski definition) is 3. The van der Waals surface area contributed by atoms with Crippen molar-refractivity contribution in [1.29, 1.82) is 0 Å². The van der Waals surface area contributed by atoms with Crippen LogP contribution in [0.15, 0.2) is 30.3 Å². The van der Waals surface area contributed by atoms with Crippen LogP contribution in [0.1, 0.15) is 18.4 Å². The molecule has 1 aliphatic heterocycles. The largest absolute Gasteiger partial charge is 0.395 e. The summed E-state index contributed by atoms with van der Waals surface area (Å²) in [6.45, 7) is 2.68. The first-order valence-electron chi connectivity index (χ1n) is 6.36. The highest BCUT2D eigenvalue weighted by Gasteiger charge is 2.22. The highest BCUT2D eigenvalue weighted by atomic mass is 16.5. The van der Waals surface area contributed by atoms with E-state index in [0.29, 0.717) is 5.92 Å². The van der Waals surface area contributed by atoms with Gasteiger partial charge in [0.2, 0.25) is 0 Å². The second-order valence-corrected chi connectivity index (χ2v) is 4.61. The van der Waals surface area contributed by atoms with E-state index in [-0.39, 0.29) is 12.6 Å². The third-order valence-electron chi connectivity index (χ3n) is 3.44. The van der Waals surface area contributed by atoms with E-state index in [9.17, 15) is 5.11 Å². The van der Waals surface area contributed by atoms with Gasteiger partial charge in [-0.2, -0.15) is 0 Å². The number of aliphatic hydroxyl groups excluding tert-OH is 1. The molecule has 3 heteroatoms. The fourth-order valence-corrected chi connectivity index (χ4v) is 2.34. The summed E-state index contributed by atoms with van der Waals surface area (Å²) in [5.74, 6) is 0.539. The summed E-state index contributed by atoms with van der Waals surface area (Å²) in [5.41, 5.74) is 1.26. The van der Waals surface area contributed by atoms with E-state index in [1.165, 1.54) is 5.56 Å². The standard InChI is InChI=1S/C14H21NO2/c16-11-14(13-6-8-17-9-7-13)15-10-12-4-2-1-3-5-12/h1-5,13-16H,6-11H2/t14-/m0/s1. The van der Waals surface area contributed by atoms with Gasteiger partial charge in [-0.1, -0.05) is 30.3 Å². The Morgan fingerprint density at radius 1 is 1.24 bits per heavy atom. The third-order valence-corrected chi connectivity index (χ3v) is 3.44. The summed E-state index contributed by atoms with van der Waals surface area (Å²) < 4.78 is 5.35. The number of benzene rings is 1. The van der Waals surface area contributed by atoms with E-state index >= 15 is 0 Å². The Morgan fingerprint density at radius 2 is 1.94 bits per heavy atom. The molecule has 17 heavy (non-hydrogen) atoms. The minimum absolute atomic E-state index is 0.194. The SMILES string of the molecule is OC[C@H](NCc1ccccc1)C1CCOCC1. The molecule has 0 saturated carbocycles. The van der Waals surface area contributed by atoms with Crippen LogP contribution in [0.25, 0.3) is 0 Å². The zero-order valence-corrected chi connectivity index (χ0v) is 10.1. The maximum atomic E-state index is 9.45. The quantitative estimate of drug-likeness (QED) is 0.814. The molecule has 0 aromatic heterocycles. The molecule has 3 nitrogen and oxygen atoms in total. The number of rotatable bonds is 5. The maximum Gasteiger partial charge on any atom is 0.0587 e. The molecule has 1 heterocycles. The van der Waals surface area contributed by atoms with Crippen molar-refractivity contribution in [3.05, 3.63) is 35.9 Å². The zero-order valence-electron chi connectivity index (χ0n) is 10.1. The normalized spacial score (nSPS) is 19.1. The molecule has 0 bridgehead atoms. The van der Waals surface area contributed by atoms with E-state index in [0.717, 1.165) is 32.6 Å². The Bertz CT molecular complexity index is 309. The van der Waals surface area contributed by atoms with E-state index in [2.05, 4.69) is 17.4 Å². The topological polar surface area (TPSA) is 41.5 Å². The first kappa shape index (κ1) is 12.6. The van der Waals surface area contributed by atoms with Crippen LogP contribution in [-0.2, 0) is 11.3 Å². The van der Waals surface area contributed by atoms with E-state index in [1.54, 1.807) is 0 Å². The lowest BCUT2D eigenvalue weighted by molar-refractivity contribution is 0.0435. The van der Waals surface area contributed by atoms with Crippen molar-refractivity contribution in [3.63, 3.8) is 0 Å². The van der Waals surface area contributed by atoms with E-state index < -0.39 is 0 Å². The molecule has 2 N–H and O–H groups in total. The second kappa shape index (κ2) is 6.74. The molecular weight excluding hydrogens is 214 g/mol. The molecular formula is C14H21NO2. The lowest BCUT2D eigenvalue weighted by atomic mass is 9.92. The fraction of sp³-hybridized carbons (Fsp3) is 0.571. The number of hydrogen-bond donors (Lipinski definition) is 2. The van der Waals surface area contributed by atoms with Crippen molar-refractivity contribution < 1.29 is 9.84 Å². The van der Waals surface area contributed by atoms with Crippen molar-refractivity contribution in [2.75, 3.05) is 19.8 Å². The second-order valence-electron chi connectivity index (χ2n) is 4.61. The summed E-state index contributed by atoms with van der Waals surface area (Å²) in [7, 11) is 0. The van der Waals surface area contributed by atoms with Crippen molar-refractivity contribution in [2.45, 2.75) is 25.4 Å². The highest BCUT2D eigenvalue weighted by molar-refractivity contribution is 5.14. The van der Waals surface area contributed by atoms with Gasteiger partial charge in [0.1, 0.15) is 0 Å². The summed E-state index contributed by atoms with van der Waals surface area (Å²) in [6, 6.07) is 10.5. The Labute approximate surface area is 103 Å². The molecule has 2 rings (SSSR count). The smallest absolute Gasteiger partial charge is 0.0587 e. The molecule has 0 aliphatic carbocycles. The van der Waals surface area contributed by atoms with Crippen molar-refractivity contribution in [3.8, 4) is 0 Å². The van der Waals surface area contributed by atoms with Gasteiger partial charge in [0.15, 0.2) is 0 Å². The number of ether oxygens (including phenoxy) is 1. The van der Waals surface area contributed by atoms with Crippen LogP contribution in [0.3, 0.4) is 0 Å². The van der Waals surface area contributed by atoms with Crippen molar-refractivity contribution in [2.24, 2.45) is 5.92 Å². The van der Waals surface area contributed by atoms with Gasteiger partial charge in [0, 0.05) is 25.8 Å². The lowest BCUT2D eigenvalue weighted by Crippen LogP contribution is -2.41. The molecule has 0 spiro atoms. The van der Waals surface area contributed by atoms with Gasteiger partial charge >= 0.3 is 0 Å². The maximum absolute atomic E-state index is 9.45. The van der Waals surface area contributed by atoms with Crippen LogP contribution >= 0.6 is 0 Å². The van der Waals surface area contributed by atoms with E-state index in [4.69, 9.17) is 4.74 Å². The van der Waals surface area contributed by atoms with Crippen LogP contribution in [0, 0.1) is 5.92 Å².